The molecule has 0 radical (unpaired) electrons. The second-order valence-corrected chi connectivity index (χ2v) is 7.43. The molecule has 0 unspecified atom stereocenters. The average molecular weight is 418 g/mol. The third-order valence-electron chi connectivity index (χ3n) is 4.84. The van der Waals surface area contributed by atoms with Crippen LogP contribution in [0.5, 0.6) is 0 Å². The Bertz CT molecular complexity index is 824. The minimum atomic E-state index is -4.50. The van der Waals surface area contributed by atoms with Gasteiger partial charge in [-0.25, -0.2) is 0 Å². The molecule has 0 aliphatic heterocycles. The number of carbonyl (C=O) groups excluding carboxylic acids is 1. The van der Waals surface area contributed by atoms with E-state index in [4.69, 9.17) is 11.6 Å². The molecule has 154 valence electrons. The smallest absolute Gasteiger partial charge is 0.354 e. The molecule has 1 aliphatic carbocycles. The monoisotopic (exact) mass is 417 g/mol. The van der Waals surface area contributed by atoms with E-state index in [2.05, 4.69) is 15.5 Å². The van der Waals surface area contributed by atoms with Crippen molar-refractivity contribution in [2.45, 2.75) is 64.7 Å². The van der Waals surface area contributed by atoms with E-state index in [0.29, 0.717) is 49.5 Å². The van der Waals surface area contributed by atoms with Crippen molar-refractivity contribution >= 4 is 17.5 Å². The second kappa shape index (κ2) is 8.55. The summed E-state index contributed by atoms with van der Waals surface area (Å²) < 4.78 is 42.8. The number of carbonyl (C=O) groups is 1. The van der Waals surface area contributed by atoms with Crippen LogP contribution in [0, 0.1) is 6.92 Å². The summed E-state index contributed by atoms with van der Waals surface area (Å²) in [5.74, 6) is -0.349. The number of aromatic nitrogens is 4. The van der Waals surface area contributed by atoms with E-state index in [1.165, 1.54) is 4.68 Å². The second-order valence-electron chi connectivity index (χ2n) is 7.02. The number of aryl methyl sites for hydroxylation is 2. The van der Waals surface area contributed by atoms with Gasteiger partial charge in [0, 0.05) is 30.5 Å². The molecular formula is C18H23ClF3N5O. The number of alkyl halides is 3. The van der Waals surface area contributed by atoms with Crippen LogP contribution >= 0.6 is 11.6 Å². The molecule has 2 aromatic heterocycles. The highest BCUT2D eigenvalue weighted by Gasteiger charge is 2.39. The molecule has 0 spiro atoms. The van der Waals surface area contributed by atoms with Gasteiger partial charge in [0.1, 0.15) is 6.54 Å². The highest BCUT2D eigenvalue weighted by atomic mass is 35.5. The average Bonchev–Trinajstić information content (AvgIpc) is 3.00. The molecule has 1 aliphatic rings. The van der Waals surface area contributed by atoms with Gasteiger partial charge in [0.15, 0.2) is 5.69 Å². The van der Waals surface area contributed by atoms with Gasteiger partial charge < -0.3 is 5.32 Å². The van der Waals surface area contributed by atoms with Crippen LogP contribution in [0.2, 0.25) is 5.02 Å². The summed E-state index contributed by atoms with van der Waals surface area (Å²) in [5, 5.41) is 11.3. The standard InChI is InChI=1S/C18H23ClF3N5O/c1-12-14(19)10-26(24-12)9-5-8-23-16(28)11-27-15-7-4-2-3-6-13(15)17(25-27)18(20,21)22/h10H,2-9,11H2,1H3,(H,23,28). The molecule has 1 N–H and O–H groups in total. The Morgan fingerprint density at radius 3 is 2.68 bits per heavy atom. The molecule has 0 saturated carbocycles. The number of nitrogens with zero attached hydrogens (tertiary/aromatic N) is 4. The normalized spacial score (nSPS) is 14.6. The van der Waals surface area contributed by atoms with Gasteiger partial charge in [-0.15, -0.1) is 0 Å². The molecule has 10 heteroatoms. The molecule has 6 nitrogen and oxygen atoms in total. The lowest BCUT2D eigenvalue weighted by Crippen LogP contribution is -2.30. The SMILES string of the molecule is Cc1nn(CCCNC(=O)Cn2nc(C(F)(F)F)c3c2CCCCC3)cc1Cl. The van der Waals surface area contributed by atoms with Crippen LogP contribution in [-0.2, 0) is 36.9 Å². The first-order valence-electron chi connectivity index (χ1n) is 9.37. The molecule has 0 atom stereocenters. The predicted octanol–water partition coefficient (Wildman–Crippen LogP) is 3.54. The molecule has 1 amide bonds. The van der Waals surface area contributed by atoms with Crippen LogP contribution in [0.4, 0.5) is 13.2 Å². The lowest BCUT2D eigenvalue weighted by molar-refractivity contribution is -0.142. The van der Waals surface area contributed by atoms with Gasteiger partial charge in [-0.1, -0.05) is 18.0 Å². The van der Waals surface area contributed by atoms with E-state index >= 15 is 0 Å². The maximum Gasteiger partial charge on any atom is 0.435 e. The summed E-state index contributed by atoms with van der Waals surface area (Å²) in [5.41, 5.74) is 0.694. The highest BCUT2D eigenvalue weighted by Crippen LogP contribution is 2.35. The maximum absolute atomic E-state index is 13.3. The van der Waals surface area contributed by atoms with E-state index in [0.717, 1.165) is 18.5 Å². The van der Waals surface area contributed by atoms with Crippen LogP contribution in [0.15, 0.2) is 6.20 Å². The van der Waals surface area contributed by atoms with Gasteiger partial charge in [-0.3, -0.25) is 14.2 Å². The highest BCUT2D eigenvalue weighted by molar-refractivity contribution is 6.31. The fraction of sp³-hybridized carbons (Fsp3) is 0.611. The Balaban J connectivity index is 1.58. The number of rotatable bonds is 6. The maximum atomic E-state index is 13.3. The molecule has 0 aromatic carbocycles. The largest absolute Gasteiger partial charge is 0.435 e. The van der Waals surface area contributed by atoms with Gasteiger partial charge >= 0.3 is 6.18 Å². The van der Waals surface area contributed by atoms with Gasteiger partial charge in [0.05, 0.1) is 10.7 Å². The first-order valence-corrected chi connectivity index (χ1v) is 9.75. The zero-order valence-electron chi connectivity index (χ0n) is 15.7. The molecule has 2 heterocycles. The molecule has 0 bridgehead atoms. The van der Waals surface area contributed by atoms with Crippen molar-refractivity contribution in [3.63, 3.8) is 0 Å². The number of fused-ring (bicyclic) bond motifs is 1. The molecular weight excluding hydrogens is 395 g/mol. The summed E-state index contributed by atoms with van der Waals surface area (Å²) in [4.78, 5) is 12.2. The van der Waals surface area contributed by atoms with Crippen molar-refractivity contribution in [3.8, 4) is 0 Å². The molecule has 3 rings (SSSR count). The van der Waals surface area contributed by atoms with E-state index in [-0.39, 0.29) is 18.0 Å². The van der Waals surface area contributed by atoms with Crippen molar-refractivity contribution < 1.29 is 18.0 Å². The fourth-order valence-electron chi connectivity index (χ4n) is 3.47. The number of amides is 1. The van der Waals surface area contributed by atoms with Gasteiger partial charge in [-0.05, 0) is 39.0 Å². The van der Waals surface area contributed by atoms with Crippen molar-refractivity contribution in [2.24, 2.45) is 0 Å². The predicted molar refractivity (Wildman–Crippen MR) is 98.1 cm³/mol. The Labute approximate surface area is 166 Å². The van der Waals surface area contributed by atoms with E-state index < -0.39 is 11.9 Å². The fourth-order valence-corrected chi connectivity index (χ4v) is 3.63. The quantitative estimate of drug-likeness (QED) is 0.577. The summed E-state index contributed by atoms with van der Waals surface area (Å²) >= 11 is 5.94. The Hall–Kier alpha value is -2.03. The number of hydrogen-bond acceptors (Lipinski definition) is 3. The third kappa shape index (κ3) is 4.87. The zero-order valence-corrected chi connectivity index (χ0v) is 16.4. The zero-order chi connectivity index (χ0) is 20.3. The first-order chi connectivity index (χ1) is 13.3. The van der Waals surface area contributed by atoms with E-state index in [9.17, 15) is 18.0 Å². The summed E-state index contributed by atoms with van der Waals surface area (Å²) in [6.45, 7) is 2.59. The van der Waals surface area contributed by atoms with Crippen molar-refractivity contribution in [1.82, 2.24) is 24.9 Å². The van der Waals surface area contributed by atoms with Crippen molar-refractivity contribution in [1.29, 1.82) is 0 Å². The Morgan fingerprint density at radius 2 is 2.00 bits per heavy atom. The van der Waals surface area contributed by atoms with Crippen LogP contribution in [0.3, 0.4) is 0 Å². The molecule has 2 aromatic rings. The minimum absolute atomic E-state index is 0.203. The van der Waals surface area contributed by atoms with Gasteiger partial charge in [0.2, 0.25) is 5.91 Å². The van der Waals surface area contributed by atoms with Gasteiger partial charge in [-0.2, -0.15) is 23.4 Å². The summed E-state index contributed by atoms with van der Waals surface area (Å²) in [6, 6.07) is 0. The molecule has 28 heavy (non-hydrogen) atoms. The Morgan fingerprint density at radius 1 is 1.25 bits per heavy atom. The number of halogens is 4. The lowest BCUT2D eigenvalue weighted by atomic mass is 10.1. The molecule has 0 fully saturated rings. The Kier molecular flexibility index (Phi) is 6.32. The number of nitrogens with one attached hydrogen (secondary N) is 1. The van der Waals surface area contributed by atoms with E-state index in [1.54, 1.807) is 10.9 Å². The van der Waals surface area contributed by atoms with Crippen LogP contribution < -0.4 is 5.32 Å². The van der Waals surface area contributed by atoms with E-state index in [1.807, 2.05) is 6.92 Å². The topological polar surface area (TPSA) is 64.7 Å². The summed E-state index contributed by atoms with van der Waals surface area (Å²) in [7, 11) is 0. The summed E-state index contributed by atoms with van der Waals surface area (Å²) in [6.07, 6.45) is 1.14. The van der Waals surface area contributed by atoms with Crippen LogP contribution in [0.1, 0.15) is 48.3 Å². The first kappa shape index (κ1) is 20.7. The number of hydrogen-bond donors (Lipinski definition) is 1. The van der Waals surface area contributed by atoms with Gasteiger partial charge in [0.25, 0.3) is 0 Å². The van der Waals surface area contributed by atoms with Crippen LogP contribution in [-0.4, -0.2) is 32.0 Å². The van der Waals surface area contributed by atoms with Crippen molar-refractivity contribution in [3.05, 3.63) is 33.9 Å². The van der Waals surface area contributed by atoms with Crippen molar-refractivity contribution in [2.75, 3.05) is 6.54 Å². The molecule has 0 saturated heterocycles. The third-order valence-corrected chi connectivity index (χ3v) is 5.21. The van der Waals surface area contributed by atoms with Crippen LogP contribution in [0.25, 0.3) is 0 Å². The lowest BCUT2D eigenvalue weighted by Gasteiger charge is -2.09. The minimum Gasteiger partial charge on any atom is -0.354 e.